The van der Waals surface area contributed by atoms with Gasteiger partial charge in [-0.15, -0.1) is 34.0 Å². The van der Waals surface area contributed by atoms with Gasteiger partial charge in [-0.1, -0.05) is 0 Å². The third-order valence-corrected chi connectivity index (χ3v) is 0.406. The van der Waals surface area contributed by atoms with Crippen molar-refractivity contribution in [3.63, 3.8) is 0 Å². The van der Waals surface area contributed by atoms with Crippen LogP contribution in [0.4, 0.5) is 0 Å². The molecule has 1 rings (SSSR count). The molecular formula is C3H6Br2N2. The summed E-state index contributed by atoms with van der Waals surface area (Å²) in [6, 6.07) is 1.83. The lowest BCUT2D eigenvalue weighted by Gasteiger charge is -1.49. The van der Waals surface area contributed by atoms with E-state index >= 15 is 0 Å². The molecule has 0 aliphatic rings. The van der Waals surface area contributed by atoms with Gasteiger partial charge in [-0.3, -0.25) is 5.10 Å². The van der Waals surface area contributed by atoms with Crippen molar-refractivity contribution in [2.75, 3.05) is 0 Å². The molecule has 1 N–H and O–H groups in total. The number of hydrogen-bond donors (Lipinski definition) is 1. The van der Waals surface area contributed by atoms with Crippen molar-refractivity contribution in [1.82, 2.24) is 10.2 Å². The second kappa shape index (κ2) is 6.17. The zero-order chi connectivity index (χ0) is 3.54. The molecule has 0 amide bonds. The van der Waals surface area contributed by atoms with E-state index in [0.717, 1.165) is 0 Å². The maximum Gasteiger partial charge on any atom is 0.0487 e. The summed E-state index contributed by atoms with van der Waals surface area (Å²) in [5.74, 6) is 0. The van der Waals surface area contributed by atoms with Crippen LogP contribution in [-0.2, 0) is 0 Å². The maximum absolute atomic E-state index is 3.60. The highest BCUT2D eigenvalue weighted by Gasteiger charge is 1.56. The van der Waals surface area contributed by atoms with E-state index < -0.39 is 0 Å². The van der Waals surface area contributed by atoms with E-state index in [-0.39, 0.29) is 34.0 Å². The molecule has 0 aromatic carbocycles. The van der Waals surface area contributed by atoms with Gasteiger partial charge in [0.1, 0.15) is 0 Å². The Morgan fingerprint density at radius 3 is 2.14 bits per heavy atom. The molecule has 1 aromatic heterocycles. The van der Waals surface area contributed by atoms with Gasteiger partial charge in [0.15, 0.2) is 0 Å². The van der Waals surface area contributed by atoms with Crippen LogP contribution in [-0.4, -0.2) is 10.2 Å². The molecular weight excluding hydrogens is 224 g/mol. The van der Waals surface area contributed by atoms with E-state index in [4.69, 9.17) is 0 Å². The first-order chi connectivity index (χ1) is 2.50. The van der Waals surface area contributed by atoms with Gasteiger partial charge in [-0.2, -0.15) is 5.10 Å². The van der Waals surface area contributed by atoms with E-state index in [1.165, 1.54) is 0 Å². The Morgan fingerprint density at radius 2 is 2.00 bits per heavy atom. The average Bonchev–Trinajstić information content (AvgIpc) is 1.76. The molecule has 0 fully saturated rings. The van der Waals surface area contributed by atoms with E-state index in [1.807, 2.05) is 6.07 Å². The van der Waals surface area contributed by atoms with Crippen LogP contribution in [0.5, 0.6) is 0 Å². The lowest BCUT2D eigenvalue weighted by molar-refractivity contribution is 1.09. The van der Waals surface area contributed by atoms with E-state index in [1.54, 1.807) is 12.4 Å². The van der Waals surface area contributed by atoms with E-state index in [9.17, 15) is 0 Å². The summed E-state index contributed by atoms with van der Waals surface area (Å²) >= 11 is 0. The molecule has 1 aromatic rings. The molecule has 2 nitrogen and oxygen atoms in total. The van der Waals surface area contributed by atoms with Crippen LogP contribution in [0.15, 0.2) is 18.5 Å². The molecule has 0 radical (unpaired) electrons. The Bertz CT molecular complexity index is 67.4. The molecule has 0 spiro atoms. The molecule has 42 valence electrons. The molecule has 0 aliphatic carbocycles. The highest BCUT2D eigenvalue weighted by molar-refractivity contribution is 8.93. The van der Waals surface area contributed by atoms with Crippen LogP contribution in [0, 0.1) is 0 Å². The van der Waals surface area contributed by atoms with Crippen molar-refractivity contribution in [1.29, 1.82) is 0 Å². The minimum absolute atomic E-state index is 0. The molecule has 0 saturated carbocycles. The van der Waals surface area contributed by atoms with Gasteiger partial charge in [-0.05, 0) is 6.07 Å². The van der Waals surface area contributed by atoms with Gasteiger partial charge in [0.05, 0.1) is 0 Å². The molecule has 1 heterocycles. The number of hydrogen-bond acceptors (Lipinski definition) is 1. The Kier molecular flexibility index (Phi) is 9.00. The quantitative estimate of drug-likeness (QED) is 0.719. The fraction of sp³-hybridized carbons (Fsp3) is 0. The third-order valence-electron chi connectivity index (χ3n) is 0.406. The number of rotatable bonds is 0. The van der Waals surface area contributed by atoms with Crippen molar-refractivity contribution >= 4 is 34.0 Å². The molecule has 0 saturated heterocycles. The summed E-state index contributed by atoms with van der Waals surface area (Å²) in [7, 11) is 0. The van der Waals surface area contributed by atoms with Crippen LogP contribution in [0.25, 0.3) is 0 Å². The maximum atomic E-state index is 3.60. The number of nitrogens with zero attached hydrogens (tertiary/aromatic N) is 1. The number of nitrogens with one attached hydrogen (secondary N) is 1. The summed E-state index contributed by atoms with van der Waals surface area (Å²) in [5.41, 5.74) is 0. The first kappa shape index (κ1) is 10.2. The Morgan fingerprint density at radius 1 is 1.29 bits per heavy atom. The molecule has 0 atom stereocenters. The Hall–Kier alpha value is 0.170. The minimum Gasteiger partial charge on any atom is -0.286 e. The van der Waals surface area contributed by atoms with Gasteiger partial charge in [0.2, 0.25) is 0 Å². The standard InChI is InChI=1S/C3H4N2.2BrH/c1-2-4-5-3-1;;/h1-3H,(H,4,5);2*1H. The largest absolute Gasteiger partial charge is 0.286 e. The van der Waals surface area contributed by atoms with E-state index in [2.05, 4.69) is 10.2 Å². The highest BCUT2D eigenvalue weighted by Crippen LogP contribution is 1.64. The van der Waals surface area contributed by atoms with Crippen LogP contribution in [0.2, 0.25) is 0 Å². The Balaban J connectivity index is 0. The van der Waals surface area contributed by atoms with Crippen LogP contribution in [0.3, 0.4) is 0 Å². The molecule has 0 bridgehead atoms. The van der Waals surface area contributed by atoms with Gasteiger partial charge >= 0.3 is 0 Å². The smallest absolute Gasteiger partial charge is 0.0487 e. The van der Waals surface area contributed by atoms with Gasteiger partial charge < -0.3 is 0 Å². The number of H-pyrrole nitrogens is 1. The molecule has 0 aliphatic heterocycles. The molecule has 7 heavy (non-hydrogen) atoms. The third kappa shape index (κ3) is 4.01. The molecule has 4 heteroatoms. The van der Waals surface area contributed by atoms with Crippen molar-refractivity contribution in [3.05, 3.63) is 18.5 Å². The normalized spacial score (nSPS) is 5.71. The zero-order valence-electron chi connectivity index (χ0n) is 3.50. The van der Waals surface area contributed by atoms with Gasteiger partial charge in [0.25, 0.3) is 0 Å². The fourth-order valence-corrected chi connectivity index (χ4v) is 0.215. The summed E-state index contributed by atoms with van der Waals surface area (Å²) in [6.07, 6.45) is 3.46. The first-order valence-electron chi connectivity index (χ1n) is 1.44. The lowest BCUT2D eigenvalue weighted by atomic mass is 10.8. The summed E-state index contributed by atoms with van der Waals surface area (Å²) in [6.45, 7) is 0. The fourth-order valence-electron chi connectivity index (χ4n) is 0.215. The predicted octanol–water partition coefficient (Wildman–Crippen LogP) is 1.57. The van der Waals surface area contributed by atoms with Gasteiger partial charge in [0, 0.05) is 12.4 Å². The molecule has 0 unspecified atom stereocenters. The Labute approximate surface area is 62.9 Å². The SMILES string of the molecule is Br.Br.c1cn[nH]c1. The minimum atomic E-state index is 0. The van der Waals surface area contributed by atoms with Crippen LogP contribution in [0.1, 0.15) is 0 Å². The lowest BCUT2D eigenvalue weighted by Crippen LogP contribution is -1.53. The zero-order valence-corrected chi connectivity index (χ0v) is 6.92. The van der Waals surface area contributed by atoms with Crippen LogP contribution >= 0.6 is 34.0 Å². The summed E-state index contributed by atoms with van der Waals surface area (Å²) in [5, 5.41) is 6.21. The van der Waals surface area contributed by atoms with Crippen molar-refractivity contribution in [3.8, 4) is 0 Å². The van der Waals surface area contributed by atoms with Crippen LogP contribution < -0.4 is 0 Å². The van der Waals surface area contributed by atoms with Crippen molar-refractivity contribution in [2.45, 2.75) is 0 Å². The second-order valence-electron chi connectivity index (χ2n) is 0.766. The number of halogens is 2. The summed E-state index contributed by atoms with van der Waals surface area (Å²) in [4.78, 5) is 0. The monoisotopic (exact) mass is 228 g/mol. The average molecular weight is 230 g/mol. The van der Waals surface area contributed by atoms with E-state index in [0.29, 0.717) is 0 Å². The topological polar surface area (TPSA) is 28.7 Å². The van der Waals surface area contributed by atoms with Crippen molar-refractivity contribution < 1.29 is 0 Å². The number of aromatic nitrogens is 2. The van der Waals surface area contributed by atoms with Crippen molar-refractivity contribution in [2.24, 2.45) is 0 Å². The second-order valence-corrected chi connectivity index (χ2v) is 0.766. The van der Waals surface area contributed by atoms with Gasteiger partial charge in [-0.25, -0.2) is 0 Å². The number of aromatic amines is 1. The summed E-state index contributed by atoms with van der Waals surface area (Å²) < 4.78 is 0. The predicted molar refractivity (Wildman–Crippen MR) is 39.2 cm³/mol. The highest BCUT2D eigenvalue weighted by atomic mass is 79.9. The first-order valence-corrected chi connectivity index (χ1v) is 1.44.